The number of anilines is 1. The average molecular weight is 348 g/mol. The van der Waals surface area contributed by atoms with E-state index < -0.39 is 0 Å². The highest BCUT2D eigenvalue weighted by Gasteiger charge is 2.37. The molecule has 26 heavy (non-hydrogen) atoms. The van der Waals surface area contributed by atoms with Crippen LogP contribution in [-0.2, 0) is 15.6 Å². The van der Waals surface area contributed by atoms with Crippen molar-refractivity contribution in [2.75, 3.05) is 5.32 Å². The van der Waals surface area contributed by atoms with Crippen molar-refractivity contribution in [1.82, 2.24) is 0 Å². The zero-order chi connectivity index (χ0) is 19.1. The van der Waals surface area contributed by atoms with E-state index in [-0.39, 0.29) is 16.7 Å². The van der Waals surface area contributed by atoms with Crippen LogP contribution in [0.5, 0.6) is 0 Å². The molecule has 0 bridgehead atoms. The molecule has 0 saturated carbocycles. The number of fused-ring (bicyclic) bond motifs is 1. The van der Waals surface area contributed by atoms with E-state index in [0.717, 1.165) is 11.3 Å². The van der Waals surface area contributed by atoms with Crippen molar-refractivity contribution in [3.05, 3.63) is 65.7 Å². The van der Waals surface area contributed by atoms with Gasteiger partial charge in [-0.1, -0.05) is 58.5 Å². The maximum Gasteiger partial charge on any atom is 0.247 e. The number of para-hydroxylation sites is 1. The van der Waals surface area contributed by atoms with Gasteiger partial charge in [-0.15, -0.1) is 0 Å². The van der Waals surface area contributed by atoms with Crippen LogP contribution in [0, 0.1) is 6.92 Å². The minimum atomic E-state index is -0.186. The Balaban J connectivity index is 2.20. The van der Waals surface area contributed by atoms with E-state index in [4.69, 9.17) is 0 Å². The van der Waals surface area contributed by atoms with Crippen LogP contribution in [0.2, 0.25) is 0 Å². The minimum Gasteiger partial charge on any atom is -0.322 e. The van der Waals surface area contributed by atoms with Gasteiger partial charge in [0.05, 0.1) is 0 Å². The summed E-state index contributed by atoms with van der Waals surface area (Å²) in [6.45, 7) is 15.1. The molecular weight excluding hydrogens is 318 g/mol. The van der Waals surface area contributed by atoms with Crippen LogP contribution in [0.25, 0.3) is 11.1 Å². The predicted molar refractivity (Wildman–Crippen MR) is 111 cm³/mol. The van der Waals surface area contributed by atoms with Gasteiger partial charge in [-0.25, -0.2) is 0 Å². The van der Waals surface area contributed by atoms with Crippen LogP contribution < -0.4 is 5.32 Å². The summed E-state index contributed by atoms with van der Waals surface area (Å²) in [6, 6.07) is 12.7. The molecule has 0 fully saturated rings. The zero-order valence-electron chi connectivity index (χ0n) is 16.6. The Morgan fingerprint density at radius 3 is 2.19 bits per heavy atom. The number of amides is 1. The molecule has 0 heterocycles. The number of hydrogen-bond acceptors (Lipinski definition) is 1. The maximum atomic E-state index is 11.8. The molecule has 0 aliphatic heterocycles. The van der Waals surface area contributed by atoms with E-state index in [1.54, 1.807) is 0 Å². The molecule has 0 aromatic heterocycles. The molecule has 2 aromatic carbocycles. The van der Waals surface area contributed by atoms with Crippen molar-refractivity contribution in [2.45, 2.75) is 58.3 Å². The summed E-state index contributed by atoms with van der Waals surface area (Å²) in [4.78, 5) is 11.8. The summed E-state index contributed by atoms with van der Waals surface area (Å²) in [6.07, 6.45) is 3.70. The highest BCUT2D eigenvalue weighted by atomic mass is 16.1. The first kappa shape index (κ1) is 18.4. The van der Waals surface area contributed by atoms with Gasteiger partial charge in [0.1, 0.15) is 0 Å². The Hall–Kier alpha value is -2.35. The van der Waals surface area contributed by atoms with Gasteiger partial charge in [0.2, 0.25) is 5.91 Å². The van der Waals surface area contributed by atoms with Crippen molar-refractivity contribution >= 4 is 11.6 Å². The summed E-state index contributed by atoms with van der Waals surface area (Å²) < 4.78 is 0. The average Bonchev–Trinajstić information content (AvgIpc) is 2.59. The van der Waals surface area contributed by atoms with Gasteiger partial charge < -0.3 is 5.32 Å². The number of benzene rings is 2. The first-order chi connectivity index (χ1) is 12.2. The van der Waals surface area contributed by atoms with Gasteiger partial charge in [-0.3, -0.25) is 4.79 Å². The van der Waals surface area contributed by atoms with E-state index in [1.165, 1.54) is 41.2 Å². The van der Waals surface area contributed by atoms with Crippen molar-refractivity contribution in [3.8, 4) is 11.1 Å². The summed E-state index contributed by atoms with van der Waals surface area (Å²) in [5.74, 6) is -0.186. The lowest BCUT2D eigenvalue weighted by atomic mass is 9.62. The summed E-state index contributed by atoms with van der Waals surface area (Å²) in [5, 5.41) is 2.95. The monoisotopic (exact) mass is 347 g/mol. The highest BCUT2D eigenvalue weighted by molar-refractivity contribution is 6.02. The van der Waals surface area contributed by atoms with E-state index in [2.05, 4.69) is 64.7 Å². The Morgan fingerprint density at radius 2 is 1.58 bits per heavy atom. The molecule has 3 rings (SSSR count). The van der Waals surface area contributed by atoms with Crippen molar-refractivity contribution in [2.24, 2.45) is 0 Å². The molecule has 2 heteroatoms. The van der Waals surface area contributed by atoms with Crippen molar-refractivity contribution < 1.29 is 4.79 Å². The standard InChI is InChI=1S/C24H29NO/c1-7-22(26)25-21-11-9-8-10-17(21)18-15-20-19(14-16(18)2)23(3,4)12-13-24(20,5)6/h7-11,14-15H,1,12-13H2,2-6H3,(H,25,26). The first-order valence-electron chi connectivity index (χ1n) is 9.34. The van der Waals surface area contributed by atoms with Gasteiger partial charge >= 0.3 is 0 Å². The topological polar surface area (TPSA) is 29.1 Å². The van der Waals surface area contributed by atoms with Crippen LogP contribution >= 0.6 is 0 Å². The molecule has 2 nitrogen and oxygen atoms in total. The van der Waals surface area contributed by atoms with E-state index in [1.807, 2.05) is 18.2 Å². The third kappa shape index (κ3) is 3.21. The third-order valence-corrected chi connectivity index (χ3v) is 5.86. The first-order valence-corrected chi connectivity index (χ1v) is 9.34. The smallest absolute Gasteiger partial charge is 0.247 e. The Morgan fingerprint density at radius 1 is 1.00 bits per heavy atom. The molecule has 0 unspecified atom stereocenters. The third-order valence-electron chi connectivity index (χ3n) is 5.86. The summed E-state index contributed by atoms with van der Waals surface area (Å²) in [5.41, 5.74) is 7.57. The van der Waals surface area contributed by atoms with E-state index in [9.17, 15) is 4.79 Å². The highest BCUT2D eigenvalue weighted by Crippen LogP contribution is 2.48. The quantitative estimate of drug-likeness (QED) is 0.664. The normalized spacial score (nSPS) is 17.3. The van der Waals surface area contributed by atoms with Crippen molar-refractivity contribution in [3.63, 3.8) is 0 Å². The molecule has 2 aromatic rings. The molecule has 1 N–H and O–H groups in total. The fraction of sp³-hybridized carbons (Fsp3) is 0.375. The maximum absolute atomic E-state index is 11.8. The molecule has 136 valence electrons. The molecule has 1 aliphatic carbocycles. The minimum absolute atomic E-state index is 0.159. The number of nitrogens with one attached hydrogen (secondary N) is 1. The van der Waals surface area contributed by atoms with Crippen LogP contribution in [-0.4, -0.2) is 5.91 Å². The second kappa shape index (κ2) is 6.42. The SMILES string of the molecule is C=CC(=O)Nc1ccccc1-c1cc2c(cc1C)C(C)(C)CCC2(C)C. The van der Waals surface area contributed by atoms with E-state index >= 15 is 0 Å². The second-order valence-electron chi connectivity index (χ2n) is 8.72. The molecule has 0 radical (unpaired) electrons. The van der Waals surface area contributed by atoms with E-state index in [0.29, 0.717) is 0 Å². The predicted octanol–water partition coefficient (Wildman–Crippen LogP) is 6.14. The van der Waals surface area contributed by atoms with Gasteiger partial charge in [0.15, 0.2) is 0 Å². The van der Waals surface area contributed by atoms with Gasteiger partial charge in [-0.05, 0) is 71.1 Å². The molecule has 0 saturated heterocycles. The second-order valence-corrected chi connectivity index (χ2v) is 8.72. The molecule has 0 spiro atoms. The lowest BCUT2D eigenvalue weighted by Gasteiger charge is -2.42. The Kier molecular flexibility index (Phi) is 4.56. The van der Waals surface area contributed by atoms with Crippen LogP contribution in [0.3, 0.4) is 0 Å². The Labute approximate surface area is 157 Å². The lowest BCUT2D eigenvalue weighted by Crippen LogP contribution is -2.34. The zero-order valence-corrected chi connectivity index (χ0v) is 16.6. The van der Waals surface area contributed by atoms with Crippen molar-refractivity contribution in [1.29, 1.82) is 0 Å². The fourth-order valence-electron chi connectivity index (χ4n) is 4.02. The number of carbonyl (C=O) groups is 1. The molecule has 0 atom stereocenters. The fourth-order valence-corrected chi connectivity index (χ4v) is 4.02. The summed E-state index contributed by atoms with van der Waals surface area (Å²) >= 11 is 0. The molecule has 1 aliphatic rings. The van der Waals surface area contributed by atoms with Crippen LogP contribution in [0.4, 0.5) is 5.69 Å². The number of rotatable bonds is 3. The lowest BCUT2D eigenvalue weighted by molar-refractivity contribution is -0.111. The van der Waals surface area contributed by atoms with Gasteiger partial charge in [0, 0.05) is 11.3 Å². The number of aryl methyl sites for hydroxylation is 1. The van der Waals surface area contributed by atoms with Crippen LogP contribution in [0.15, 0.2) is 49.1 Å². The largest absolute Gasteiger partial charge is 0.322 e. The number of carbonyl (C=O) groups excluding carboxylic acids is 1. The van der Waals surface area contributed by atoms with Gasteiger partial charge in [0.25, 0.3) is 0 Å². The number of hydrogen-bond donors (Lipinski definition) is 1. The molecular formula is C24H29NO. The summed E-state index contributed by atoms with van der Waals surface area (Å²) in [7, 11) is 0. The molecule has 1 amide bonds. The Bertz CT molecular complexity index is 874. The van der Waals surface area contributed by atoms with Gasteiger partial charge in [-0.2, -0.15) is 0 Å². The van der Waals surface area contributed by atoms with Crippen LogP contribution in [0.1, 0.15) is 57.2 Å².